The van der Waals surface area contributed by atoms with Crippen molar-refractivity contribution in [2.75, 3.05) is 13.6 Å². The first-order chi connectivity index (χ1) is 14.0. The van der Waals surface area contributed by atoms with E-state index < -0.39 is 5.92 Å². The monoisotopic (exact) mass is 410 g/mol. The molecule has 2 aliphatic rings. The molecule has 0 aliphatic carbocycles. The number of amides is 3. The van der Waals surface area contributed by atoms with Crippen LogP contribution in [0.15, 0.2) is 42.5 Å². The van der Waals surface area contributed by atoms with Gasteiger partial charge in [0, 0.05) is 25.6 Å². The van der Waals surface area contributed by atoms with Gasteiger partial charge >= 0.3 is 0 Å². The van der Waals surface area contributed by atoms with Crippen LogP contribution < -0.4 is 5.32 Å². The Bertz CT molecular complexity index is 971. The number of nitrogens with one attached hydrogen (secondary N) is 1. The number of piperidine rings is 2. The average Bonchev–Trinajstić information content (AvgIpc) is 2.71. The predicted octanol–water partition coefficient (Wildman–Crippen LogP) is 3.86. The van der Waals surface area contributed by atoms with Crippen LogP contribution >= 0.6 is 11.6 Å². The van der Waals surface area contributed by atoms with Gasteiger partial charge < -0.3 is 4.90 Å². The molecule has 29 heavy (non-hydrogen) atoms. The van der Waals surface area contributed by atoms with Crippen molar-refractivity contribution in [3.05, 3.63) is 58.6 Å². The van der Waals surface area contributed by atoms with Crippen molar-refractivity contribution in [3.63, 3.8) is 0 Å². The summed E-state index contributed by atoms with van der Waals surface area (Å²) in [6.45, 7) is 0.816. The van der Waals surface area contributed by atoms with Gasteiger partial charge in [0.25, 0.3) is 0 Å². The molecule has 0 bridgehead atoms. The second kappa shape index (κ2) is 7.99. The fraction of sp³-hybridized carbons (Fsp3) is 0.348. The van der Waals surface area contributed by atoms with Crippen molar-refractivity contribution in [3.8, 4) is 11.1 Å². The lowest BCUT2D eigenvalue weighted by Gasteiger charge is -2.29. The van der Waals surface area contributed by atoms with E-state index in [4.69, 9.17) is 11.6 Å². The number of hydrogen-bond donors (Lipinski definition) is 1. The molecular weight excluding hydrogens is 388 g/mol. The maximum absolute atomic E-state index is 12.5. The highest BCUT2D eigenvalue weighted by Gasteiger charge is 2.30. The predicted molar refractivity (Wildman–Crippen MR) is 112 cm³/mol. The third-order valence-corrected chi connectivity index (χ3v) is 6.35. The maximum Gasteiger partial charge on any atom is 0.234 e. The number of carbonyl (C=O) groups excluding carboxylic acids is 3. The zero-order valence-corrected chi connectivity index (χ0v) is 17.0. The molecule has 2 saturated heterocycles. The highest BCUT2D eigenvalue weighted by molar-refractivity contribution is 6.34. The molecule has 2 aromatic rings. The quantitative estimate of drug-likeness (QED) is 0.781. The Hall–Kier alpha value is -2.66. The SMILES string of the molecule is CN1CCCC(c2ccc(-c3cccc(C4CCC(=O)NC4=O)c3Cl)cc2)C1=O. The van der Waals surface area contributed by atoms with Gasteiger partial charge in [-0.15, -0.1) is 0 Å². The normalized spacial score (nSPS) is 22.6. The number of likely N-dealkylation sites (tertiary alicyclic amines) is 1. The smallest absolute Gasteiger partial charge is 0.234 e. The van der Waals surface area contributed by atoms with Crippen molar-refractivity contribution in [2.24, 2.45) is 0 Å². The van der Waals surface area contributed by atoms with Crippen LogP contribution in [0.5, 0.6) is 0 Å². The van der Waals surface area contributed by atoms with E-state index in [0.717, 1.165) is 41.6 Å². The van der Waals surface area contributed by atoms with Crippen LogP contribution in [0, 0.1) is 0 Å². The summed E-state index contributed by atoms with van der Waals surface area (Å²) in [5, 5.41) is 2.92. The highest BCUT2D eigenvalue weighted by atomic mass is 35.5. The van der Waals surface area contributed by atoms with Crippen molar-refractivity contribution < 1.29 is 14.4 Å². The number of rotatable bonds is 3. The third-order valence-electron chi connectivity index (χ3n) is 5.93. The first-order valence-electron chi connectivity index (χ1n) is 9.93. The summed E-state index contributed by atoms with van der Waals surface area (Å²) in [5.74, 6) is -0.877. The van der Waals surface area contributed by atoms with Crippen molar-refractivity contribution in [1.82, 2.24) is 10.2 Å². The number of benzene rings is 2. The number of imide groups is 1. The number of hydrogen-bond acceptors (Lipinski definition) is 3. The maximum atomic E-state index is 12.5. The van der Waals surface area contributed by atoms with Crippen LogP contribution in [0.25, 0.3) is 11.1 Å². The van der Waals surface area contributed by atoms with E-state index in [1.807, 2.05) is 49.5 Å². The van der Waals surface area contributed by atoms with Crippen LogP contribution in [0.2, 0.25) is 5.02 Å². The number of likely N-dealkylation sites (N-methyl/N-ethyl adjacent to an activating group) is 1. The van der Waals surface area contributed by atoms with Gasteiger partial charge in [-0.2, -0.15) is 0 Å². The molecule has 2 atom stereocenters. The van der Waals surface area contributed by atoms with Crippen LogP contribution in [0.4, 0.5) is 0 Å². The lowest BCUT2D eigenvalue weighted by molar-refractivity contribution is -0.135. The van der Waals surface area contributed by atoms with Crippen LogP contribution in [-0.2, 0) is 14.4 Å². The summed E-state index contributed by atoms with van der Waals surface area (Å²) < 4.78 is 0. The molecule has 2 heterocycles. The number of nitrogens with zero attached hydrogens (tertiary/aromatic N) is 1. The zero-order chi connectivity index (χ0) is 20.5. The van der Waals surface area contributed by atoms with Crippen molar-refractivity contribution >= 4 is 29.3 Å². The largest absolute Gasteiger partial charge is 0.345 e. The second-order valence-electron chi connectivity index (χ2n) is 7.79. The Morgan fingerprint density at radius 2 is 1.76 bits per heavy atom. The molecule has 0 saturated carbocycles. The number of carbonyl (C=O) groups is 3. The summed E-state index contributed by atoms with van der Waals surface area (Å²) in [6, 6.07) is 13.6. The second-order valence-corrected chi connectivity index (χ2v) is 8.17. The van der Waals surface area contributed by atoms with Gasteiger partial charge in [0.1, 0.15) is 0 Å². The standard InChI is InChI=1S/C23H23ClN2O3/c1-26-13-3-6-17(23(26)29)15-9-7-14(8-10-15)16-4-2-5-18(21(16)24)19-11-12-20(27)25-22(19)28/h2,4-5,7-10,17,19H,3,6,11-13H2,1H3,(H,25,27,28). The zero-order valence-electron chi connectivity index (χ0n) is 16.3. The van der Waals surface area contributed by atoms with Gasteiger partial charge in [-0.1, -0.05) is 54.1 Å². The Balaban J connectivity index is 1.61. The van der Waals surface area contributed by atoms with E-state index in [9.17, 15) is 14.4 Å². The van der Waals surface area contributed by atoms with Crippen molar-refractivity contribution in [2.45, 2.75) is 37.5 Å². The molecular formula is C23H23ClN2O3. The van der Waals surface area contributed by atoms with Gasteiger partial charge in [0.15, 0.2) is 0 Å². The molecule has 0 aromatic heterocycles. The van der Waals surface area contributed by atoms with E-state index in [1.165, 1.54) is 0 Å². The molecule has 6 heteroatoms. The van der Waals surface area contributed by atoms with E-state index >= 15 is 0 Å². The molecule has 0 spiro atoms. The molecule has 3 amide bonds. The topological polar surface area (TPSA) is 66.5 Å². The summed E-state index contributed by atoms with van der Waals surface area (Å²) >= 11 is 6.68. The minimum absolute atomic E-state index is 0.0897. The van der Waals surface area contributed by atoms with E-state index in [1.54, 1.807) is 4.90 Å². The Morgan fingerprint density at radius 3 is 2.48 bits per heavy atom. The molecule has 5 nitrogen and oxygen atoms in total. The van der Waals surface area contributed by atoms with Gasteiger partial charge in [0.2, 0.25) is 17.7 Å². The fourth-order valence-electron chi connectivity index (χ4n) is 4.27. The van der Waals surface area contributed by atoms with E-state index in [0.29, 0.717) is 17.9 Å². The van der Waals surface area contributed by atoms with Crippen LogP contribution in [0.1, 0.15) is 48.6 Å². The minimum atomic E-state index is -0.421. The number of halogens is 1. The van der Waals surface area contributed by atoms with Gasteiger partial charge in [-0.05, 0) is 36.0 Å². The molecule has 2 unspecified atom stereocenters. The highest BCUT2D eigenvalue weighted by Crippen LogP contribution is 2.38. The Kier molecular flexibility index (Phi) is 5.41. The van der Waals surface area contributed by atoms with Gasteiger partial charge in [-0.25, -0.2) is 0 Å². The summed E-state index contributed by atoms with van der Waals surface area (Å²) in [4.78, 5) is 37.9. The van der Waals surface area contributed by atoms with Gasteiger partial charge in [-0.3, -0.25) is 19.7 Å². The summed E-state index contributed by atoms with van der Waals surface area (Å²) in [7, 11) is 1.85. The molecule has 0 radical (unpaired) electrons. The molecule has 4 rings (SSSR count). The molecule has 150 valence electrons. The molecule has 1 N–H and O–H groups in total. The first-order valence-corrected chi connectivity index (χ1v) is 10.3. The Morgan fingerprint density at radius 1 is 1.00 bits per heavy atom. The summed E-state index contributed by atoms with van der Waals surface area (Å²) in [5.41, 5.74) is 3.53. The first kappa shape index (κ1) is 19.6. The fourth-order valence-corrected chi connectivity index (χ4v) is 4.64. The lowest BCUT2D eigenvalue weighted by atomic mass is 9.87. The average molecular weight is 411 g/mol. The molecule has 2 aliphatic heterocycles. The van der Waals surface area contributed by atoms with Crippen LogP contribution in [0.3, 0.4) is 0 Å². The van der Waals surface area contributed by atoms with Gasteiger partial charge in [0.05, 0.1) is 16.9 Å². The van der Waals surface area contributed by atoms with Crippen LogP contribution in [-0.4, -0.2) is 36.2 Å². The molecule has 2 aromatic carbocycles. The lowest BCUT2D eigenvalue weighted by Crippen LogP contribution is -2.39. The van der Waals surface area contributed by atoms with E-state index in [2.05, 4.69) is 5.32 Å². The Labute approximate surface area is 175 Å². The van der Waals surface area contributed by atoms with Crippen molar-refractivity contribution in [1.29, 1.82) is 0 Å². The minimum Gasteiger partial charge on any atom is -0.345 e. The van der Waals surface area contributed by atoms with E-state index in [-0.39, 0.29) is 23.6 Å². The molecule has 2 fully saturated rings. The third kappa shape index (κ3) is 3.79. The summed E-state index contributed by atoms with van der Waals surface area (Å²) in [6.07, 6.45) is 2.66.